The molecule has 2 rings (SSSR count). The normalized spacial score (nSPS) is 24.4. The van der Waals surface area contributed by atoms with Gasteiger partial charge in [0, 0.05) is 13.2 Å². The zero-order valence-corrected chi connectivity index (χ0v) is 9.68. The highest BCUT2D eigenvalue weighted by atomic mass is 16.2. The Balaban J connectivity index is 2.10. The van der Waals surface area contributed by atoms with Gasteiger partial charge >= 0.3 is 0 Å². The van der Waals surface area contributed by atoms with E-state index in [1.807, 2.05) is 12.1 Å². The number of hydrogen-bond donors (Lipinski definition) is 1. The Hall–Kier alpha value is -1.42. The number of pyridine rings is 1. The average Bonchev–Trinajstić information content (AvgIpc) is 2.75. The Labute approximate surface area is 95.7 Å². The topological polar surface area (TPSA) is 45.2 Å². The monoisotopic (exact) mass is 219 g/mol. The lowest BCUT2D eigenvalue weighted by Crippen LogP contribution is -2.44. The minimum atomic E-state index is -0.0507. The summed E-state index contributed by atoms with van der Waals surface area (Å²) in [5.41, 5.74) is 0.841. The van der Waals surface area contributed by atoms with E-state index < -0.39 is 0 Å². The van der Waals surface area contributed by atoms with Gasteiger partial charge in [0.15, 0.2) is 0 Å². The van der Waals surface area contributed by atoms with E-state index in [0.717, 1.165) is 18.7 Å². The van der Waals surface area contributed by atoms with E-state index in [9.17, 15) is 4.79 Å². The maximum Gasteiger partial charge on any atom is 0.244 e. The molecule has 2 atom stereocenters. The fourth-order valence-electron chi connectivity index (χ4n) is 2.05. The first-order valence-electron chi connectivity index (χ1n) is 5.61. The van der Waals surface area contributed by atoms with E-state index in [2.05, 4.69) is 17.2 Å². The van der Waals surface area contributed by atoms with Crippen LogP contribution in [-0.4, -0.2) is 30.5 Å². The molecule has 1 N–H and O–H groups in total. The second-order valence-corrected chi connectivity index (χ2v) is 4.31. The summed E-state index contributed by atoms with van der Waals surface area (Å²) in [4.78, 5) is 17.9. The molecule has 0 spiro atoms. The summed E-state index contributed by atoms with van der Waals surface area (Å²) >= 11 is 0. The van der Waals surface area contributed by atoms with Crippen molar-refractivity contribution < 1.29 is 4.79 Å². The summed E-state index contributed by atoms with van der Waals surface area (Å²) < 4.78 is 0. The molecule has 1 aromatic heterocycles. The van der Waals surface area contributed by atoms with Crippen molar-refractivity contribution >= 4 is 11.6 Å². The van der Waals surface area contributed by atoms with Gasteiger partial charge in [0.05, 0.1) is 17.9 Å². The van der Waals surface area contributed by atoms with Crippen LogP contribution in [0.2, 0.25) is 0 Å². The Morgan fingerprint density at radius 1 is 1.62 bits per heavy atom. The molecule has 16 heavy (non-hydrogen) atoms. The maximum absolute atomic E-state index is 12.2. The summed E-state index contributed by atoms with van der Waals surface area (Å²) in [5.74, 6) is 0.532. The van der Waals surface area contributed by atoms with Crippen LogP contribution in [0.15, 0.2) is 24.5 Å². The van der Waals surface area contributed by atoms with E-state index in [0.29, 0.717) is 5.92 Å². The smallest absolute Gasteiger partial charge is 0.244 e. The molecule has 4 nitrogen and oxygen atoms in total. The fraction of sp³-hybridized carbons (Fsp3) is 0.500. The molecule has 1 aliphatic heterocycles. The van der Waals surface area contributed by atoms with Crippen LogP contribution in [0.4, 0.5) is 5.69 Å². The Morgan fingerprint density at radius 3 is 3.00 bits per heavy atom. The van der Waals surface area contributed by atoms with Gasteiger partial charge < -0.3 is 10.2 Å². The number of amides is 1. The van der Waals surface area contributed by atoms with Crippen molar-refractivity contribution in [2.24, 2.45) is 5.92 Å². The lowest BCUT2D eigenvalue weighted by atomic mass is 10.0. The highest BCUT2D eigenvalue weighted by molar-refractivity contribution is 5.96. The number of rotatable bonds is 2. The number of carbonyl (C=O) groups is 1. The minimum absolute atomic E-state index is 0.0507. The molecular weight excluding hydrogens is 202 g/mol. The van der Waals surface area contributed by atoms with E-state index >= 15 is 0 Å². The van der Waals surface area contributed by atoms with Crippen LogP contribution in [0.25, 0.3) is 0 Å². The van der Waals surface area contributed by atoms with Gasteiger partial charge in [-0.3, -0.25) is 9.78 Å². The third-order valence-corrected chi connectivity index (χ3v) is 3.16. The van der Waals surface area contributed by atoms with E-state index in [-0.39, 0.29) is 11.9 Å². The molecule has 0 saturated carbocycles. The molecule has 1 amide bonds. The predicted octanol–water partition coefficient (Wildman–Crippen LogP) is 1.04. The lowest BCUT2D eigenvalue weighted by Gasteiger charge is -2.23. The van der Waals surface area contributed by atoms with Crippen LogP contribution < -0.4 is 10.2 Å². The second kappa shape index (κ2) is 4.61. The zero-order chi connectivity index (χ0) is 11.5. The molecular formula is C12H17N3O. The molecule has 1 aliphatic rings. The molecule has 2 unspecified atom stereocenters. The zero-order valence-electron chi connectivity index (χ0n) is 9.68. The van der Waals surface area contributed by atoms with Crippen LogP contribution in [0.5, 0.6) is 0 Å². The number of nitrogens with zero attached hydrogens (tertiary/aromatic N) is 2. The van der Waals surface area contributed by atoms with Gasteiger partial charge in [-0.15, -0.1) is 0 Å². The summed E-state index contributed by atoms with van der Waals surface area (Å²) in [5, 5.41) is 3.25. The highest BCUT2D eigenvalue weighted by Crippen LogP contribution is 2.19. The largest absolute Gasteiger partial charge is 0.313 e. The Kier molecular flexibility index (Phi) is 3.19. The summed E-state index contributed by atoms with van der Waals surface area (Å²) in [7, 11) is 1.80. The first kappa shape index (κ1) is 11.1. The quantitative estimate of drug-likeness (QED) is 0.808. The number of aromatic nitrogens is 1. The second-order valence-electron chi connectivity index (χ2n) is 4.31. The van der Waals surface area contributed by atoms with Crippen LogP contribution in [-0.2, 0) is 4.79 Å². The Bertz CT molecular complexity index is 366. The van der Waals surface area contributed by atoms with Crippen molar-refractivity contribution in [2.75, 3.05) is 18.5 Å². The molecule has 1 aromatic rings. The van der Waals surface area contributed by atoms with E-state index in [1.165, 1.54) is 0 Å². The lowest BCUT2D eigenvalue weighted by molar-refractivity contribution is -0.120. The van der Waals surface area contributed by atoms with Gasteiger partial charge in [0.2, 0.25) is 5.91 Å². The molecule has 0 radical (unpaired) electrons. The first-order valence-corrected chi connectivity index (χ1v) is 5.61. The van der Waals surface area contributed by atoms with Gasteiger partial charge in [-0.2, -0.15) is 0 Å². The van der Waals surface area contributed by atoms with Crippen molar-refractivity contribution in [3.05, 3.63) is 24.5 Å². The molecule has 1 saturated heterocycles. The third kappa shape index (κ3) is 2.07. The molecule has 2 heterocycles. The molecule has 0 aromatic carbocycles. The maximum atomic E-state index is 12.2. The summed E-state index contributed by atoms with van der Waals surface area (Å²) in [6.45, 7) is 3.04. The van der Waals surface area contributed by atoms with Crippen LogP contribution in [0.1, 0.15) is 13.3 Å². The summed E-state index contributed by atoms with van der Waals surface area (Å²) in [6, 6.07) is 3.68. The van der Waals surface area contributed by atoms with Crippen molar-refractivity contribution in [1.82, 2.24) is 10.3 Å². The number of hydrogen-bond acceptors (Lipinski definition) is 3. The van der Waals surface area contributed by atoms with Crippen molar-refractivity contribution in [3.8, 4) is 0 Å². The highest BCUT2D eigenvalue weighted by Gasteiger charge is 2.31. The number of nitrogens with one attached hydrogen (secondary N) is 1. The van der Waals surface area contributed by atoms with Gasteiger partial charge in [0.1, 0.15) is 0 Å². The third-order valence-electron chi connectivity index (χ3n) is 3.16. The van der Waals surface area contributed by atoms with Crippen LogP contribution in [0, 0.1) is 5.92 Å². The first-order chi connectivity index (χ1) is 7.70. The van der Waals surface area contributed by atoms with Gasteiger partial charge in [-0.25, -0.2) is 0 Å². The average molecular weight is 219 g/mol. The van der Waals surface area contributed by atoms with Crippen molar-refractivity contribution in [2.45, 2.75) is 19.4 Å². The Morgan fingerprint density at radius 2 is 2.44 bits per heavy atom. The van der Waals surface area contributed by atoms with Gasteiger partial charge in [0.25, 0.3) is 0 Å². The fourth-order valence-corrected chi connectivity index (χ4v) is 2.05. The molecule has 4 heteroatoms. The number of carbonyl (C=O) groups excluding carboxylic acids is 1. The molecule has 86 valence electrons. The van der Waals surface area contributed by atoms with Gasteiger partial charge in [-0.1, -0.05) is 6.92 Å². The molecule has 1 fully saturated rings. The number of likely N-dealkylation sites (N-methyl/N-ethyl adjacent to an activating group) is 1. The van der Waals surface area contributed by atoms with E-state index in [4.69, 9.17) is 0 Å². The standard InChI is InChI=1S/C12H17N3O/c1-9-5-7-14-11(9)12(16)15(2)10-4-3-6-13-8-10/h3-4,6,8-9,11,14H,5,7H2,1-2H3. The summed E-state index contributed by atoms with van der Waals surface area (Å²) in [6.07, 6.45) is 4.48. The van der Waals surface area contributed by atoms with Crippen LogP contribution >= 0.6 is 0 Å². The van der Waals surface area contributed by atoms with Crippen molar-refractivity contribution in [1.29, 1.82) is 0 Å². The SMILES string of the molecule is CC1CCNC1C(=O)N(C)c1cccnc1. The van der Waals surface area contributed by atoms with Gasteiger partial charge in [-0.05, 0) is 31.0 Å². The minimum Gasteiger partial charge on any atom is -0.313 e. The number of anilines is 1. The molecule has 0 bridgehead atoms. The van der Waals surface area contributed by atoms with Crippen molar-refractivity contribution in [3.63, 3.8) is 0 Å². The van der Waals surface area contributed by atoms with E-state index in [1.54, 1.807) is 24.3 Å². The predicted molar refractivity (Wildman–Crippen MR) is 63.2 cm³/mol. The van der Waals surface area contributed by atoms with Crippen LogP contribution in [0.3, 0.4) is 0 Å². The molecule has 0 aliphatic carbocycles.